The zero-order valence-corrected chi connectivity index (χ0v) is 10.8. The molecule has 1 aromatic carbocycles. The molecule has 0 atom stereocenters. The molecule has 0 unspecified atom stereocenters. The molecule has 96 valence electrons. The summed E-state index contributed by atoms with van der Waals surface area (Å²) in [7, 11) is 1.32. The molecule has 2 aromatic heterocycles. The van der Waals surface area contributed by atoms with Crippen LogP contribution in [0.5, 0.6) is 0 Å². The quantitative estimate of drug-likeness (QED) is 0.706. The number of ether oxygens (including phenoxy) is 1. The molecule has 0 radical (unpaired) electrons. The van der Waals surface area contributed by atoms with E-state index in [-0.39, 0.29) is 5.69 Å². The second kappa shape index (κ2) is 4.44. The Morgan fingerprint density at radius 3 is 2.89 bits per heavy atom. The number of carbonyl (C=O) groups is 1. The summed E-state index contributed by atoms with van der Waals surface area (Å²) in [6.07, 6.45) is 3.53. The molecule has 0 fully saturated rings. The van der Waals surface area contributed by atoms with Gasteiger partial charge in [0.1, 0.15) is 5.69 Å². The molecule has 0 aliphatic carbocycles. The number of methoxy groups -OCH3 is 1. The van der Waals surface area contributed by atoms with E-state index in [1.54, 1.807) is 12.4 Å². The van der Waals surface area contributed by atoms with Crippen molar-refractivity contribution in [3.8, 4) is 11.1 Å². The van der Waals surface area contributed by atoms with E-state index in [0.717, 1.165) is 22.0 Å². The van der Waals surface area contributed by atoms with Gasteiger partial charge < -0.3 is 9.72 Å². The Labute approximate surface area is 113 Å². The summed E-state index contributed by atoms with van der Waals surface area (Å²) in [4.78, 5) is 14.5. The number of H-pyrrole nitrogens is 2. The summed E-state index contributed by atoms with van der Waals surface area (Å²) < 4.78 is 4.68. The van der Waals surface area contributed by atoms with E-state index in [1.807, 2.05) is 18.2 Å². The lowest BCUT2D eigenvalue weighted by Crippen LogP contribution is -2.01. The van der Waals surface area contributed by atoms with E-state index in [9.17, 15) is 4.79 Å². The van der Waals surface area contributed by atoms with E-state index in [4.69, 9.17) is 11.6 Å². The van der Waals surface area contributed by atoms with Crippen molar-refractivity contribution in [2.24, 2.45) is 0 Å². The Balaban J connectivity index is 2.17. The van der Waals surface area contributed by atoms with Crippen molar-refractivity contribution in [1.29, 1.82) is 0 Å². The fourth-order valence-corrected chi connectivity index (χ4v) is 2.28. The highest BCUT2D eigenvalue weighted by molar-refractivity contribution is 6.38. The third-order valence-electron chi connectivity index (χ3n) is 2.96. The first-order valence-corrected chi connectivity index (χ1v) is 5.97. The highest BCUT2D eigenvalue weighted by atomic mass is 35.5. The summed E-state index contributed by atoms with van der Waals surface area (Å²) >= 11 is 6.16. The number of rotatable bonds is 2. The highest BCUT2D eigenvalue weighted by Crippen LogP contribution is 2.31. The smallest absolute Gasteiger partial charge is 0.356 e. The Kier molecular flexibility index (Phi) is 2.76. The van der Waals surface area contributed by atoms with Crippen LogP contribution in [0.3, 0.4) is 0 Å². The Bertz CT molecular complexity index is 747. The number of aromatic amines is 2. The molecular formula is C13H10ClN3O2. The van der Waals surface area contributed by atoms with Gasteiger partial charge in [-0.2, -0.15) is 5.10 Å². The number of carbonyl (C=O) groups excluding carboxylic acids is 1. The number of hydrogen-bond donors (Lipinski definition) is 2. The molecule has 19 heavy (non-hydrogen) atoms. The average molecular weight is 276 g/mol. The van der Waals surface area contributed by atoms with Gasteiger partial charge in [0.25, 0.3) is 0 Å². The van der Waals surface area contributed by atoms with E-state index < -0.39 is 5.97 Å². The minimum atomic E-state index is -0.480. The maximum Gasteiger partial charge on any atom is 0.356 e. The molecular weight excluding hydrogens is 266 g/mol. The van der Waals surface area contributed by atoms with E-state index in [1.165, 1.54) is 7.11 Å². The van der Waals surface area contributed by atoms with Crippen LogP contribution in [0.4, 0.5) is 0 Å². The van der Waals surface area contributed by atoms with Crippen molar-refractivity contribution in [3.05, 3.63) is 41.3 Å². The van der Waals surface area contributed by atoms with Crippen LogP contribution in [0.1, 0.15) is 10.5 Å². The molecule has 0 saturated carbocycles. The number of fused-ring (bicyclic) bond motifs is 1. The van der Waals surface area contributed by atoms with Gasteiger partial charge >= 0.3 is 5.97 Å². The zero-order chi connectivity index (χ0) is 13.4. The lowest BCUT2D eigenvalue weighted by molar-refractivity contribution is 0.0595. The molecule has 0 amide bonds. The van der Waals surface area contributed by atoms with Gasteiger partial charge in [-0.25, -0.2) is 4.79 Å². The van der Waals surface area contributed by atoms with Gasteiger partial charge in [-0.3, -0.25) is 5.10 Å². The third-order valence-corrected chi connectivity index (χ3v) is 3.35. The zero-order valence-electron chi connectivity index (χ0n) is 10.0. The molecule has 6 heteroatoms. The lowest BCUT2D eigenvalue weighted by atomic mass is 10.1. The molecule has 3 aromatic rings. The van der Waals surface area contributed by atoms with Gasteiger partial charge in [-0.1, -0.05) is 23.7 Å². The van der Waals surface area contributed by atoms with Gasteiger partial charge in [0, 0.05) is 22.7 Å². The van der Waals surface area contributed by atoms with E-state index >= 15 is 0 Å². The molecule has 3 rings (SSSR count). The van der Waals surface area contributed by atoms with E-state index in [2.05, 4.69) is 19.9 Å². The molecule has 2 N–H and O–H groups in total. The third kappa shape index (κ3) is 1.88. The van der Waals surface area contributed by atoms with Crippen molar-refractivity contribution in [3.63, 3.8) is 0 Å². The molecule has 0 saturated heterocycles. The topological polar surface area (TPSA) is 70.8 Å². The van der Waals surface area contributed by atoms with Crippen molar-refractivity contribution >= 4 is 28.5 Å². The van der Waals surface area contributed by atoms with Crippen LogP contribution in [-0.4, -0.2) is 28.3 Å². The average Bonchev–Trinajstić information content (AvgIpc) is 3.06. The van der Waals surface area contributed by atoms with Gasteiger partial charge in [-0.15, -0.1) is 0 Å². The lowest BCUT2D eigenvalue weighted by Gasteiger charge is -1.97. The first kappa shape index (κ1) is 11.8. The van der Waals surface area contributed by atoms with Crippen LogP contribution in [0.2, 0.25) is 5.02 Å². The fraction of sp³-hybridized carbons (Fsp3) is 0.0769. The Hall–Kier alpha value is -2.27. The van der Waals surface area contributed by atoms with Crippen molar-refractivity contribution < 1.29 is 9.53 Å². The summed E-state index contributed by atoms with van der Waals surface area (Å²) in [6.45, 7) is 0. The number of halogens is 1. The van der Waals surface area contributed by atoms with Crippen molar-refractivity contribution in [2.45, 2.75) is 0 Å². The second-order valence-corrected chi connectivity index (χ2v) is 4.43. The van der Waals surface area contributed by atoms with Crippen LogP contribution in [-0.2, 0) is 4.74 Å². The predicted octanol–water partition coefficient (Wildman–Crippen LogP) is 3.00. The van der Waals surface area contributed by atoms with Crippen LogP contribution in [0.25, 0.3) is 22.0 Å². The first-order valence-electron chi connectivity index (χ1n) is 5.59. The van der Waals surface area contributed by atoms with Gasteiger partial charge in [0.2, 0.25) is 0 Å². The van der Waals surface area contributed by atoms with Gasteiger partial charge in [-0.05, 0) is 11.6 Å². The molecule has 0 aliphatic heterocycles. The number of hydrogen-bond acceptors (Lipinski definition) is 3. The maximum absolute atomic E-state index is 11.6. The van der Waals surface area contributed by atoms with Gasteiger partial charge in [0.05, 0.1) is 18.3 Å². The molecule has 0 aliphatic rings. The number of aromatic nitrogens is 3. The molecule has 2 heterocycles. The largest absolute Gasteiger partial charge is 0.464 e. The summed E-state index contributed by atoms with van der Waals surface area (Å²) in [5, 5.41) is 7.83. The normalized spacial score (nSPS) is 10.8. The monoisotopic (exact) mass is 275 g/mol. The molecule has 0 bridgehead atoms. The number of nitrogens with zero attached hydrogens (tertiary/aromatic N) is 1. The number of esters is 1. The first-order chi connectivity index (χ1) is 9.20. The predicted molar refractivity (Wildman–Crippen MR) is 72.2 cm³/mol. The number of nitrogens with one attached hydrogen (secondary N) is 2. The minimum Gasteiger partial charge on any atom is -0.464 e. The van der Waals surface area contributed by atoms with Crippen LogP contribution in [0, 0.1) is 0 Å². The maximum atomic E-state index is 11.6. The van der Waals surface area contributed by atoms with Crippen LogP contribution < -0.4 is 0 Å². The second-order valence-electron chi connectivity index (χ2n) is 4.05. The molecule has 0 spiro atoms. The highest BCUT2D eigenvalue weighted by Gasteiger charge is 2.17. The summed E-state index contributed by atoms with van der Waals surface area (Å²) in [6, 6.07) is 5.70. The standard InChI is InChI=1S/C13H10ClN3O2/c1-19-13(18)12-11(14)9-3-2-7(4-10(9)17-12)8-5-15-16-6-8/h2-6,17H,1H3,(H,15,16). The minimum absolute atomic E-state index is 0.267. The van der Waals surface area contributed by atoms with Crippen molar-refractivity contribution in [2.75, 3.05) is 7.11 Å². The fourth-order valence-electron chi connectivity index (χ4n) is 1.99. The summed E-state index contributed by atoms with van der Waals surface area (Å²) in [5.74, 6) is -0.480. The van der Waals surface area contributed by atoms with Crippen LogP contribution >= 0.6 is 11.6 Å². The Morgan fingerprint density at radius 1 is 1.37 bits per heavy atom. The molecule has 5 nitrogen and oxygen atoms in total. The van der Waals surface area contributed by atoms with Gasteiger partial charge in [0.15, 0.2) is 0 Å². The Morgan fingerprint density at radius 2 is 2.21 bits per heavy atom. The van der Waals surface area contributed by atoms with E-state index in [0.29, 0.717) is 5.02 Å². The SMILES string of the molecule is COC(=O)c1[nH]c2cc(-c3cn[nH]c3)ccc2c1Cl. The van der Waals surface area contributed by atoms with Crippen molar-refractivity contribution in [1.82, 2.24) is 15.2 Å². The van der Waals surface area contributed by atoms with Crippen LogP contribution in [0.15, 0.2) is 30.6 Å². The number of benzene rings is 1. The summed E-state index contributed by atoms with van der Waals surface area (Å²) in [5.41, 5.74) is 3.00.